The van der Waals surface area contributed by atoms with Gasteiger partial charge in [0, 0.05) is 6.54 Å². The lowest BCUT2D eigenvalue weighted by Crippen LogP contribution is -2.25. The molecule has 0 aliphatic rings. The second-order valence-corrected chi connectivity index (χ2v) is 2.10. The van der Waals surface area contributed by atoms with Gasteiger partial charge in [-0.3, -0.25) is 0 Å². The van der Waals surface area contributed by atoms with Crippen LogP contribution in [-0.4, -0.2) is 19.2 Å². The van der Waals surface area contributed by atoms with Crippen molar-refractivity contribution in [2.45, 2.75) is 26.4 Å². The van der Waals surface area contributed by atoms with E-state index < -0.39 is 0 Å². The molecule has 0 spiro atoms. The minimum atomic E-state index is -0.323. The molecular weight excluding hydrogens is 121 g/mol. The van der Waals surface area contributed by atoms with Crippen molar-refractivity contribution in [1.82, 2.24) is 5.32 Å². The van der Waals surface area contributed by atoms with Crippen molar-refractivity contribution < 1.29 is 9.47 Å². The van der Waals surface area contributed by atoms with E-state index >= 15 is 0 Å². The van der Waals surface area contributed by atoms with Gasteiger partial charge in [-0.25, -0.2) is 0 Å². The van der Waals surface area contributed by atoms with Crippen molar-refractivity contribution in [2.24, 2.45) is 0 Å². The van der Waals surface area contributed by atoms with Crippen LogP contribution in [0.2, 0.25) is 0 Å². The first-order valence-electron chi connectivity index (χ1n) is 3.29. The molecule has 3 heteroatoms. The third-order valence-corrected chi connectivity index (χ3v) is 1.01. The summed E-state index contributed by atoms with van der Waals surface area (Å²) in [7, 11) is 0. The smallest absolute Gasteiger partial charge is 0.108 e. The maximum absolute atomic E-state index is 11.3. The highest BCUT2D eigenvalue weighted by atomic mass is 19.3. The minimum absolute atomic E-state index is 0.323. The van der Waals surface area contributed by atoms with Gasteiger partial charge in [-0.1, -0.05) is 6.92 Å². The maximum Gasteiger partial charge on any atom is 0.108 e. The van der Waals surface area contributed by atoms with Gasteiger partial charge in [0.1, 0.15) is 6.10 Å². The lowest BCUT2D eigenvalue weighted by Gasteiger charge is -2.05. The molecule has 0 aliphatic carbocycles. The first-order valence-corrected chi connectivity index (χ1v) is 3.29. The van der Waals surface area contributed by atoms with Crippen molar-refractivity contribution in [3.05, 3.63) is 0 Å². The van der Waals surface area contributed by atoms with E-state index in [0.29, 0.717) is 6.54 Å². The van der Waals surface area contributed by atoms with Gasteiger partial charge >= 0.3 is 0 Å². The van der Waals surface area contributed by atoms with Gasteiger partial charge in [-0.2, -0.15) is 4.94 Å². The molecule has 0 aromatic rings. The molecule has 0 saturated heterocycles. The Kier molecular flexibility index (Phi) is 5.88. The van der Waals surface area contributed by atoms with Crippen LogP contribution in [0.25, 0.3) is 0 Å². The van der Waals surface area contributed by atoms with Gasteiger partial charge in [0.2, 0.25) is 0 Å². The van der Waals surface area contributed by atoms with E-state index in [1.54, 1.807) is 6.92 Å². The molecule has 0 aromatic heterocycles. The largest absolute Gasteiger partial charge is 0.314 e. The lowest BCUT2D eigenvalue weighted by molar-refractivity contribution is -0.170. The summed E-state index contributed by atoms with van der Waals surface area (Å²) in [5.74, 6) is 0. The summed E-state index contributed by atoms with van der Waals surface area (Å²) in [4.78, 5) is 3.53. The molecule has 0 heterocycles. The Labute approximate surface area is 55.3 Å². The topological polar surface area (TPSA) is 21.3 Å². The Morgan fingerprint density at radius 1 is 1.67 bits per heavy atom. The lowest BCUT2D eigenvalue weighted by atomic mass is 10.4. The molecule has 0 fully saturated rings. The fourth-order valence-electron chi connectivity index (χ4n) is 0.514. The van der Waals surface area contributed by atoms with E-state index in [9.17, 15) is 4.53 Å². The van der Waals surface area contributed by atoms with Crippen molar-refractivity contribution >= 4 is 0 Å². The average Bonchev–Trinajstić information content (AvgIpc) is 1.89. The summed E-state index contributed by atoms with van der Waals surface area (Å²) in [6, 6.07) is 0. The molecule has 9 heavy (non-hydrogen) atoms. The van der Waals surface area contributed by atoms with Crippen LogP contribution in [0.3, 0.4) is 0 Å². The first kappa shape index (κ1) is 8.85. The number of nitrogens with one attached hydrogen (secondary N) is 1. The van der Waals surface area contributed by atoms with Gasteiger partial charge in [-0.15, -0.1) is 0 Å². The summed E-state index contributed by atoms with van der Waals surface area (Å²) in [5.41, 5.74) is 0. The van der Waals surface area contributed by atoms with Gasteiger partial charge in [-0.05, 0) is 24.4 Å². The van der Waals surface area contributed by atoms with Crippen LogP contribution in [0.4, 0.5) is 4.53 Å². The van der Waals surface area contributed by atoms with Gasteiger partial charge in [0.05, 0.1) is 0 Å². The normalized spacial score (nSPS) is 13.7. The minimum Gasteiger partial charge on any atom is -0.314 e. The van der Waals surface area contributed by atoms with Gasteiger partial charge in [0.15, 0.2) is 0 Å². The third kappa shape index (κ3) is 5.73. The number of hydrogen-bond acceptors (Lipinski definition) is 2. The number of hydrogen-bond donors (Lipinski definition) is 1. The molecule has 0 saturated carbocycles. The van der Waals surface area contributed by atoms with E-state index in [1.807, 2.05) is 0 Å². The monoisotopic (exact) mass is 135 g/mol. The predicted molar refractivity (Wildman–Crippen MR) is 34.8 cm³/mol. The molecule has 1 unspecified atom stereocenters. The average molecular weight is 135 g/mol. The molecule has 1 atom stereocenters. The Balaban J connectivity index is 2.88. The Morgan fingerprint density at radius 2 is 2.33 bits per heavy atom. The number of halogens is 1. The predicted octanol–water partition coefficient (Wildman–Crippen LogP) is 1.28. The molecule has 0 radical (unpaired) electrons. The fourth-order valence-corrected chi connectivity index (χ4v) is 0.514. The zero-order valence-electron chi connectivity index (χ0n) is 5.98. The second-order valence-electron chi connectivity index (χ2n) is 2.10. The van der Waals surface area contributed by atoms with E-state index in [1.165, 1.54) is 0 Å². The number of rotatable bonds is 5. The third-order valence-electron chi connectivity index (χ3n) is 1.01. The fraction of sp³-hybridized carbons (Fsp3) is 1.00. The van der Waals surface area contributed by atoms with Crippen LogP contribution in [0.15, 0.2) is 0 Å². The summed E-state index contributed by atoms with van der Waals surface area (Å²) in [6.45, 7) is 5.26. The van der Waals surface area contributed by atoms with Crippen LogP contribution in [-0.2, 0) is 4.94 Å². The molecular formula is C6H14FNO. The summed E-state index contributed by atoms with van der Waals surface area (Å²) >= 11 is 0. The maximum atomic E-state index is 11.3. The Bertz CT molecular complexity index is 61.0. The van der Waals surface area contributed by atoms with Crippen LogP contribution >= 0.6 is 0 Å². The van der Waals surface area contributed by atoms with Crippen molar-refractivity contribution in [3.63, 3.8) is 0 Å². The highest BCUT2D eigenvalue weighted by Gasteiger charge is 1.98. The molecule has 0 aromatic carbocycles. The van der Waals surface area contributed by atoms with E-state index in [-0.39, 0.29) is 6.10 Å². The molecule has 0 aliphatic heterocycles. The molecule has 2 nitrogen and oxygen atoms in total. The summed E-state index contributed by atoms with van der Waals surface area (Å²) < 4.78 is 11.3. The van der Waals surface area contributed by atoms with Crippen LogP contribution in [0, 0.1) is 0 Å². The van der Waals surface area contributed by atoms with Crippen LogP contribution < -0.4 is 5.32 Å². The second kappa shape index (κ2) is 5.98. The Morgan fingerprint density at radius 3 is 2.78 bits per heavy atom. The van der Waals surface area contributed by atoms with E-state index in [0.717, 1.165) is 13.0 Å². The zero-order valence-corrected chi connectivity index (χ0v) is 5.98. The highest BCUT2D eigenvalue weighted by molar-refractivity contribution is 4.51. The van der Waals surface area contributed by atoms with Gasteiger partial charge < -0.3 is 5.32 Å². The standard InChI is InChI=1S/C6H14FNO/c1-3-4-8-5-6(2)9-7/h6,8H,3-5H2,1-2H3. The molecule has 0 amide bonds. The van der Waals surface area contributed by atoms with E-state index in [4.69, 9.17) is 0 Å². The quantitative estimate of drug-likeness (QED) is 0.573. The summed E-state index contributed by atoms with van der Waals surface area (Å²) in [5, 5.41) is 3.02. The highest BCUT2D eigenvalue weighted by Crippen LogP contribution is 1.87. The molecule has 56 valence electrons. The van der Waals surface area contributed by atoms with Gasteiger partial charge in [0.25, 0.3) is 0 Å². The van der Waals surface area contributed by atoms with Crippen LogP contribution in [0.1, 0.15) is 20.3 Å². The summed E-state index contributed by atoms with van der Waals surface area (Å²) in [6.07, 6.45) is 0.746. The Hall–Kier alpha value is -0.150. The van der Waals surface area contributed by atoms with Crippen molar-refractivity contribution in [3.8, 4) is 0 Å². The SMILES string of the molecule is CCCNCC(C)OF. The molecule has 0 bridgehead atoms. The first-order chi connectivity index (χ1) is 4.31. The van der Waals surface area contributed by atoms with Crippen molar-refractivity contribution in [2.75, 3.05) is 13.1 Å². The zero-order chi connectivity index (χ0) is 7.11. The molecule has 0 rings (SSSR count). The van der Waals surface area contributed by atoms with E-state index in [2.05, 4.69) is 17.2 Å². The van der Waals surface area contributed by atoms with Crippen LogP contribution in [0.5, 0.6) is 0 Å². The van der Waals surface area contributed by atoms with Crippen molar-refractivity contribution in [1.29, 1.82) is 0 Å². The molecule has 1 N–H and O–H groups in total.